The molecule has 0 amide bonds. The van der Waals surface area contributed by atoms with Crippen LogP contribution in [-0.2, 0) is 5.41 Å². The molecule has 3 aliphatic rings. The van der Waals surface area contributed by atoms with Crippen LogP contribution < -0.4 is 0 Å². The number of furan rings is 1. The average Bonchev–Trinajstić information content (AvgIpc) is 3.48. The van der Waals surface area contributed by atoms with Crippen LogP contribution in [0.1, 0.15) is 35.1 Å². The first-order chi connectivity index (χ1) is 15.9. The van der Waals surface area contributed by atoms with Crippen molar-refractivity contribution in [2.24, 2.45) is 0 Å². The smallest absolute Gasteiger partial charge is 0.143 e. The lowest BCUT2D eigenvalue weighted by molar-refractivity contribution is 0.668. The van der Waals surface area contributed by atoms with Gasteiger partial charge in [-0.25, -0.2) is 0 Å². The molecular formula is C31H20O. The van der Waals surface area contributed by atoms with Crippen LogP contribution in [0.15, 0.2) is 107 Å². The fraction of sp³-hybridized carbons (Fsp3) is 0.0968. The fourth-order valence-electron chi connectivity index (χ4n) is 6.67. The molecule has 0 saturated carbocycles. The quantitative estimate of drug-likeness (QED) is 0.253. The van der Waals surface area contributed by atoms with Gasteiger partial charge in [0.15, 0.2) is 0 Å². The second-order valence-corrected chi connectivity index (χ2v) is 9.14. The molecule has 1 nitrogen and oxygen atoms in total. The van der Waals surface area contributed by atoms with E-state index in [2.05, 4.69) is 97.1 Å². The summed E-state index contributed by atoms with van der Waals surface area (Å²) in [6.07, 6.45) is 6.87. The molecule has 0 bridgehead atoms. The van der Waals surface area contributed by atoms with Gasteiger partial charge in [-0.3, -0.25) is 0 Å². The molecule has 0 N–H and O–H groups in total. The van der Waals surface area contributed by atoms with Gasteiger partial charge >= 0.3 is 0 Å². The van der Waals surface area contributed by atoms with Crippen molar-refractivity contribution in [2.75, 3.05) is 0 Å². The third-order valence-electron chi connectivity index (χ3n) is 7.80. The van der Waals surface area contributed by atoms with Crippen molar-refractivity contribution in [2.45, 2.75) is 18.3 Å². The molecule has 1 spiro atoms. The van der Waals surface area contributed by atoms with E-state index in [0.717, 1.165) is 24.0 Å². The minimum Gasteiger partial charge on any atom is -0.455 e. The molecule has 5 aromatic rings. The molecule has 1 atom stereocenters. The predicted octanol–water partition coefficient (Wildman–Crippen LogP) is 8.02. The van der Waals surface area contributed by atoms with Crippen molar-refractivity contribution in [3.8, 4) is 11.1 Å². The van der Waals surface area contributed by atoms with E-state index >= 15 is 0 Å². The minimum atomic E-state index is -0.226. The number of hydrogen-bond donors (Lipinski definition) is 0. The molecule has 4 aromatic carbocycles. The summed E-state index contributed by atoms with van der Waals surface area (Å²) in [5, 5.41) is 2.39. The van der Waals surface area contributed by atoms with E-state index in [1.807, 2.05) is 0 Å². The van der Waals surface area contributed by atoms with Gasteiger partial charge in [0, 0.05) is 16.3 Å². The zero-order chi connectivity index (χ0) is 20.9. The zero-order valence-electron chi connectivity index (χ0n) is 17.6. The number of benzene rings is 4. The third kappa shape index (κ3) is 1.75. The van der Waals surface area contributed by atoms with Gasteiger partial charge in [-0.1, -0.05) is 91.0 Å². The summed E-state index contributed by atoms with van der Waals surface area (Å²) in [7, 11) is 0. The summed E-state index contributed by atoms with van der Waals surface area (Å²) in [5.41, 5.74) is 12.9. The molecule has 0 radical (unpaired) electrons. The summed E-state index contributed by atoms with van der Waals surface area (Å²) in [6, 6.07) is 31.1. The second-order valence-electron chi connectivity index (χ2n) is 9.14. The van der Waals surface area contributed by atoms with Crippen molar-refractivity contribution >= 4 is 27.5 Å². The Balaban J connectivity index is 1.60. The van der Waals surface area contributed by atoms with Crippen LogP contribution >= 0.6 is 0 Å². The Morgan fingerprint density at radius 1 is 0.656 bits per heavy atom. The highest BCUT2D eigenvalue weighted by Crippen LogP contribution is 2.64. The van der Waals surface area contributed by atoms with Crippen LogP contribution in [0.3, 0.4) is 0 Å². The van der Waals surface area contributed by atoms with Crippen LogP contribution in [-0.4, -0.2) is 0 Å². The fourth-order valence-corrected chi connectivity index (χ4v) is 6.67. The lowest BCUT2D eigenvalue weighted by Crippen LogP contribution is -2.27. The molecule has 0 aliphatic heterocycles. The van der Waals surface area contributed by atoms with Crippen molar-refractivity contribution in [1.82, 2.24) is 0 Å². The van der Waals surface area contributed by atoms with E-state index in [4.69, 9.17) is 4.42 Å². The molecule has 1 heterocycles. The van der Waals surface area contributed by atoms with Crippen LogP contribution in [0, 0.1) is 0 Å². The van der Waals surface area contributed by atoms with E-state index in [1.54, 1.807) is 5.57 Å². The molecule has 1 unspecified atom stereocenters. The van der Waals surface area contributed by atoms with Gasteiger partial charge in [-0.15, -0.1) is 0 Å². The highest BCUT2D eigenvalue weighted by Gasteiger charge is 2.53. The summed E-state index contributed by atoms with van der Waals surface area (Å²) < 4.78 is 6.55. The van der Waals surface area contributed by atoms with Crippen molar-refractivity contribution in [3.05, 3.63) is 125 Å². The van der Waals surface area contributed by atoms with Crippen LogP contribution in [0.4, 0.5) is 0 Å². The largest absolute Gasteiger partial charge is 0.455 e. The Kier molecular flexibility index (Phi) is 2.99. The molecule has 150 valence electrons. The maximum absolute atomic E-state index is 6.55. The average molecular weight is 409 g/mol. The van der Waals surface area contributed by atoms with Gasteiger partial charge in [-0.05, 0) is 57.9 Å². The molecule has 0 saturated heterocycles. The molecule has 32 heavy (non-hydrogen) atoms. The van der Waals surface area contributed by atoms with Gasteiger partial charge < -0.3 is 4.42 Å². The lowest BCUT2D eigenvalue weighted by Gasteiger charge is -2.33. The number of para-hydroxylation sites is 1. The first kappa shape index (κ1) is 16.8. The maximum atomic E-state index is 6.55. The highest BCUT2D eigenvalue weighted by atomic mass is 16.3. The van der Waals surface area contributed by atoms with Gasteiger partial charge in [0.25, 0.3) is 0 Å². The Hall–Kier alpha value is -3.84. The van der Waals surface area contributed by atoms with Gasteiger partial charge in [0.2, 0.25) is 0 Å². The van der Waals surface area contributed by atoms with Crippen molar-refractivity contribution < 1.29 is 4.42 Å². The number of allylic oxidation sites excluding steroid dienone is 4. The zero-order valence-corrected chi connectivity index (χ0v) is 17.6. The van der Waals surface area contributed by atoms with Crippen molar-refractivity contribution in [1.29, 1.82) is 0 Å². The Morgan fingerprint density at radius 2 is 1.41 bits per heavy atom. The summed E-state index contributed by atoms with van der Waals surface area (Å²) in [5.74, 6) is 0. The molecular weight excluding hydrogens is 388 g/mol. The first-order valence-corrected chi connectivity index (χ1v) is 11.4. The first-order valence-electron chi connectivity index (χ1n) is 11.4. The van der Waals surface area contributed by atoms with E-state index in [-0.39, 0.29) is 5.41 Å². The van der Waals surface area contributed by atoms with Gasteiger partial charge in [0.05, 0.1) is 5.41 Å². The number of fused-ring (bicyclic) bond motifs is 13. The lowest BCUT2D eigenvalue weighted by atomic mass is 9.68. The molecule has 1 aromatic heterocycles. The normalized spacial score (nSPS) is 20.1. The predicted molar refractivity (Wildman–Crippen MR) is 131 cm³/mol. The third-order valence-corrected chi connectivity index (χ3v) is 7.80. The standard InChI is InChI=1S/C31H20O/c1-5-13-24-19(9-1)20-10-2-6-14-25(20)31(24)26-15-7-3-12-23(26)29-27(31)18-17-22-21-11-4-8-16-28(21)32-30(22)29/h1-5,7-13,15-18H,6,14H2. The summed E-state index contributed by atoms with van der Waals surface area (Å²) >= 11 is 0. The highest BCUT2D eigenvalue weighted by molar-refractivity contribution is 6.13. The van der Waals surface area contributed by atoms with Crippen LogP contribution in [0.25, 0.3) is 38.6 Å². The second kappa shape index (κ2) is 5.69. The summed E-state index contributed by atoms with van der Waals surface area (Å²) in [6.45, 7) is 0. The number of rotatable bonds is 0. The van der Waals surface area contributed by atoms with E-state index in [0.29, 0.717) is 0 Å². The summed E-state index contributed by atoms with van der Waals surface area (Å²) in [4.78, 5) is 0. The molecule has 0 fully saturated rings. The monoisotopic (exact) mass is 408 g/mol. The van der Waals surface area contributed by atoms with Gasteiger partial charge in [0.1, 0.15) is 11.2 Å². The minimum absolute atomic E-state index is 0.226. The molecule has 1 heteroatoms. The van der Waals surface area contributed by atoms with Crippen molar-refractivity contribution in [3.63, 3.8) is 0 Å². The molecule has 3 aliphatic carbocycles. The number of hydrogen-bond acceptors (Lipinski definition) is 1. The topological polar surface area (TPSA) is 13.1 Å². The van der Waals surface area contributed by atoms with Gasteiger partial charge in [-0.2, -0.15) is 0 Å². The van der Waals surface area contributed by atoms with E-state index in [9.17, 15) is 0 Å². The van der Waals surface area contributed by atoms with Crippen LogP contribution in [0.5, 0.6) is 0 Å². The van der Waals surface area contributed by atoms with E-state index in [1.165, 1.54) is 49.7 Å². The Labute approximate surface area is 186 Å². The maximum Gasteiger partial charge on any atom is 0.143 e. The van der Waals surface area contributed by atoms with E-state index < -0.39 is 0 Å². The van der Waals surface area contributed by atoms with Crippen LogP contribution in [0.2, 0.25) is 0 Å². The SMILES string of the molecule is C1=CC2=C(CC1)C1(c3ccccc32)c2ccccc2-c2c1ccc1c2oc2ccccc21. The molecule has 8 rings (SSSR count). The Morgan fingerprint density at radius 3 is 2.31 bits per heavy atom. The Bertz CT molecular complexity index is 1680.